The van der Waals surface area contributed by atoms with Crippen LogP contribution in [-0.2, 0) is 0 Å². The number of terminal acetylenes is 1. The van der Waals surface area contributed by atoms with Crippen LogP contribution in [0.5, 0.6) is 0 Å². The third-order valence-corrected chi connectivity index (χ3v) is 2.40. The number of nitrogen functional groups attached to an aromatic ring is 1. The maximum absolute atomic E-state index is 12.2. The first kappa shape index (κ1) is 13.3. The number of pyridine rings is 1. The van der Waals surface area contributed by atoms with Gasteiger partial charge in [0.2, 0.25) is 0 Å². The molecule has 0 unspecified atom stereocenters. The highest BCUT2D eigenvalue weighted by Crippen LogP contribution is 2.17. The summed E-state index contributed by atoms with van der Waals surface area (Å²) in [5.74, 6) is 2.24. The van der Waals surface area contributed by atoms with Gasteiger partial charge in [-0.1, -0.05) is 24.4 Å². The fourth-order valence-corrected chi connectivity index (χ4v) is 1.59. The van der Waals surface area contributed by atoms with Crippen molar-refractivity contribution in [2.24, 2.45) is 0 Å². The summed E-state index contributed by atoms with van der Waals surface area (Å²) >= 11 is 5.74. The second-order valence-corrected chi connectivity index (χ2v) is 3.91. The Morgan fingerprint density at radius 1 is 1.71 bits per heavy atom. The number of carbonyl (C=O) groups is 1. The van der Waals surface area contributed by atoms with Gasteiger partial charge in [0.15, 0.2) is 0 Å². The number of amides is 1. The van der Waals surface area contributed by atoms with Gasteiger partial charge in [-0.3, -0.25) is 4.79 Å². The Kier molecular flexibility index (Phi) is 4.80. The molecule has 0 fully saturated rings. The standard InChI is InChI=1S/C12H14ClN3O/c1-3-5-16(6-4-2)12(17)9-7-11(13)15-8-10(9)14/h1,7-8H,4-6,14H2,2H3. The molecule has 0 saturated heterocycles. The number of hydrogen-bond acceptors (Lipinski definition) is 3. The molecular formula is C12H14ClN3O. The molecule has 1 amide bonds. The quantitative estimate of drug-likeness (QED) is 0.656. The number of anilines is 1. The van der Waals surface area contributed by atoms with Crippen molar-refractivity contribution in [1.82, 2.24) is 9.88 Å². The maximum atomic E-state index is 12.2. The van der Waals surface area contributed by atoms with Gasteiger partial charge in [-0.2, -0.15) is 0 Å². The molecule has 17 heavy (non-hydrogen) atoms. The van der Waals surface area contributed by atoms with E-state index in [0.29, 0.717) is 17.8 Å². The average Bonchev–Trinajstić information content (AvgIpc) is 2.31. The van der Waals surface area contributed by atoms with E-state index in [1.54, 1.807) is 4.90 Å². The van der Waals surface area contributed by atoms with Gasteiger partial charge in [0.25, 0.3) is 5.91 Å². The van der Waals surface area contributed by atoms with Gasteiger partial charge in [-0.15, -0.1) is 6.42 Å². The molecule has 0 aromatic carbocycles. The largest absolute Gasteiger partial charge is 0.397 e. The van der Waals surface area contributed by atoms with E-state index >= 15 is 0 Å². The summed E-state index contributed by atoms with van der Waals surface area (Å²) in [5, 5.41) is 0.236. The Balaban J connectivity index is 3.00. The summed E-state index contributed by atoms with van der Waals surface area (Å²) in [6.07, 6.45) is 7.43. The molecule has 90 valence electrons. The number of rotatable bonds is 4. The highest BCUT2D eigenvalue weighted by Gasteiger charge is 2.17. The molecule has 0 atom stereocenters. The van der Waals surface area contributed by atoms with Crippen LogP contribution in [0.25, 0.3) is 0 Å². The number of carbonyl (C=O) groups excluding carboxylic acids is 1. The van der Waals surface area contributed by atoms with E-state index in [9.17, 15) is 4.79 Å². The maximum Gasteiger partial charge on any atom is 0.256 e. The molecule has 0 aliphatic heterocycles. The smallest absolute Gasteiger partial charge is 0.256 e. The van der Waals surface area contributed by atoms with Gasteiger partial charge in [0, 0.05) is 6.54 Å². The van der Waals surface area contributed by atoms with Crippen LogP contribution in [0, 0.1) is 12.3 Å². The van der Waals surface area contributed by atoms with Gasteiger partial charge in [0.1, 0.15) is 5.15 Å². The van der Waals surface area contributed by atoms with E-state index in [2.05, 4.69) is 10.9 Å². The first-order valence-electron chi connectivity index (χ1n) is 5.24. The lowest BCUT2D eigenvalue weighted by Gasteiger charge is -2.20. The van der Waals surface area contributed by atoms with E-state index in [1.165, 1.54) is 12.3 Å². The molecule has 2 N–H and O–H groups in total. The van der Waals surface area contributed by atoms with E-state index in [0.717, 1.165) is 6.42 Å². The lowest BCUT2D eigenvalue weighted by molar-refractivity contribution is 0.0778. The van der Waals surface area contributed by atoms with Crippen molar-refractivity contribution in [3.63, 3.8) is 0 Å². The third-order valence-electron chi connectivity index (χ3n) is 2.19. The van der Waals surface area contributed by atoms with E-state index in [-0.39, 0.29) is 17.6 Å². The van der Waals surface area contributed by atoms with Gasteiger partial charge in [-0.25, -0.2) is 4.98 Å². The third kappa shape index (κ3) is 3.36. The summed E-state index contributed by atoms with van der Waals surface area (Å²) < 4.78 is 0. The predicted octanol–water partition coefficient (Wildman–Crippen LogP) is 1.80. The van der Waals surface area contributed by atoms with Crippen molar-refractivity contribution in [3.05, 3.63) is 23.0 Å². The normalized spacial score (nSPS) is 9.71. The van der Waals surface area contributed by atoms with Gasteiger partial charge < -0.3 is 10.6 Å². The Hall–Kier alpha value is -1.73. The molecule has 0 saturated carbocycles. The minimum Gasteiger partial charge on any atom is -0.397 e. The van der Waals surface area contributed by atoms with Crippen molar-refractivity contribution in [1.29, 1.82) is 0 Å². The summed E-state index contributed by atoms with van der Waals surface area (Å²) in [5.41, 5.74) is 6.34. The molecule has 0 aliphatic rings. The fourth-order valence-electron chi connectivity index (χ4n) is 1.43. The van der Waals surface area contributed by atoms with Crippen molar-refractivity contribution in [2.45, 2.75) is 13.3 Å². The first-order valence-corrected chi connectivity index (χ1v) is 5.61. The molecule has 1 aromatic heterocycles. The lowest BCUT2D eigenvalue weighted by Crippen LogP contribution is -2.32. The summed E-state index contributed by atoms with van der Waals surface area (Å²) in [6, 6.07) is 1.46. The Bertz CT molecular complexity index is 454. The van der Waals surface area contributed by atoms with Crippen LogP contribution in [0.1, 0.15) is 23.7 Å². The van der Waals surface area contributed by atoms with Crippen molar-refractivity contribution >= 4 is 23.2 Å². The lowest BCUT2D eigenvalue weighted by atomic mass is 10.2. The summed E-state index contributed by atoms with van der Waals surface area (Å²) in [7, 11) is 0. The van der Waals surface area contributed by atoms with Gasteiger partial charge in [0.05, 0.1) is 24.0 Å². The van der Waals surface area contributed by atoms with Gasteiger partial charge in [-0.05, 0) is 12.5 Å². The summed E-state index contributed by atoms with van der Waals surface area (Å²) in [4.78, 5) is 17.5. The minimum absolute atomic E-state index is 0.216. The van der Waals surface area contributed by atoms with Gasteiger partial charge >= 0.3 is 0 Å². The predicted molar refractivity (Wildman–Crippen MR) is 68.7 cm³/mol. The molecule has 0 spiro atoms. The zero-order chi connectivity index (χ0) is 12.8. The van der Waals surface area contributed by atoms with Crippen LogP contribution < -0.4 is 5.73 Å². The molecule has 1 rings (SSSR count). The van der Waals surface area contributed by atoms with Crippen LogP contribution >= 0.6 is 11.6 Å². The monoisotopic (exact) mass is 251 g/mol. The highest BCUT2D eigenvalue weighted by atomic mass is 35.5. The second-order valence-electron chi connectivity index (χ2n) is 3.53. The number of halogens is 1. The number of nitrogens with two attached hydrogens (primary N) is 1. The minimum atomic E-state index is -0.216. The molecular weight excluding hydrogens is 238 g/mol. The Morgan fingerprint density at radius 3 is 3.00 bits per heavy atom. The van der Waals surface area contributed by atoms with Crippen LogP contribution in [0.4, 0.5) is 5.69 Å². The topological polar surface area (TPSA) is 59.2 Å². The highest BCUT2D eigenvalue weighted by molar-refractivity contribution is 6.29. The van der Waals surface area contributed by atoms with E-state index < -0.39 is 0 Å². The van der Waals surface area contributed by atoms with Crippen LogP contribution in [0.2, 0.25) is 5.15 Å². The molecule has 0 radical (unpaired) electrons. The SMILES string of the molecule is C#CCN(CCC)C(=O)c1cc(Cl)ncc1N. The zero-order valence-electron chi connectivity index (χ0n) is 9.61. The van der Waals surface area contributed by atoms with Crippen LogP contribution in [-0.4, -0.2) is 28.9 Å². The molecule has 1 aromatic rings. The zero-order valence-corrected chi connectivity index (χ0v) is 10.4. The average molecular weight is 252 g/mol. The molecule has 0 bridgehead atoms. The Morgan fingerprint density at radius 2 is 2.41 bits per heavy atom. The molecule has 4 nitrogen and oxygen atoms in total. The van der Waals surface area contributed by atoms with Crippen LogP contribution in [0.3, 0.4) is 0 Å². The van der Waals surface area contributed by atoms with Crippen molar-refractivity contribution in [3.8, 4) is 12.3 Å². The molecule has 5 heteroatoms. The fraction of sp³-hybridized carbons (Fsp3) is 0.333. The molecule has 1 heterocycles. The van der Waals surface area contributed by atoms with E-state index in [4.69, 9.17) is 23.8 Å². The number of aromatic nitrogens is 1. The summed E-state index contributed by atoms with van der Waals surface area (Å²) in [6.45, 7) is 2.81. The Labute approximate surface area is 106 Å². The van der Waals surface area contributed by atoms with Crippen LogP contribution in [0.15, 0.2) is 12.3 Å². The van der Waals surface area contributed by atoms with Crippen molar-refractivity contribution < 1.29 is 4.79 Å². The second kappa shape index (κ2) is 6.12. The van der Waals surface area contributed by atoms with E-state index in [1.807, 2.05) is 6.92 Å². The van der Waals surface area contributed by atoms with Crippen molar-refractivity contribution in [2.75, 3.05) is 18.8 Å². The number of nitrogens with zero attached hydrogens (tertiary/aromatic N) is 2. The first-order chi connectivity index (χ1) is 8.10. The molecule has 0 aliphatic carbocycles. The number of hydrogen-bond donors (Lipinski definition) is 1.